The zero-order valence-electron chi connectivity index (χ0n) is 10.1. The van der Waals surface area contributed by atoms with E-state index in [1.165, 1.54) is 5.56 Å². The molecule has 4 N–H and O–H groups in total. The Labute approximate surface area is 115 Å². The molecule has 1 aliphatic carbocycles. The van der Waals surface area contributed by atoms with Crippen molar-refractivity contribution < 1.29 is 0 Å². The van der Waals surface area contributed by atoms with Crippen LogP contribution in [0.4, 0.5) is 0 Å². The summed E-state index contributed by atoms with van der Waals surface area (Å²) in [6, 6.07) is 4.45. The van der Waals surface area contributed by atoms with Crippen LogP contribution in [0.2, 0.25) is 0 Å². The van der Waals surface area contributed by atoms with Gasteiger partial charge in [0, 0.05) is 12.2 Å². The van der Waals surface area contributed by atoms with Crippen LogP contribution in [0.5, 0.6) is 0 Å². The molecule has 5 heteroatoms. The first kappa shape index (κ1) is 16.6. The smallest absolute Gasteiger partial charge is 0.0602 e. The van der Waals surface area contributed by atoms with Crippen LogP contribution in [0.1, 0.15) is 36.9 Å². The minimum Gasteiger partial charge on any atom is -0.328 e. The van der Waals surface area contributed by atoms with Crippen LogP contribution < -0.4 is 11.5 Å². The average Bonchev–Trinajstić information content (AvgIpc) is 2.24. The van der Waals surface area contributed by atoms with Crippen LogP contribution in [0.3, 0.4) is 0 Å². The molecule has 0 radical (unpaired) electrons. The maximum Gasteiger partial charge on any atom is 0.0602 e. The highest BCUT2D eigenvalue weighted by Gasteiger charge is 2.33. The molecule has 17 heavy (non-hydrogen) atoms. The molecule has 0 spiro atoms. The van der Waals surface area contributed by atoms with Crippen molar-refractivity contribution >= 4 is 24.8 Å². The lowest BCUT2D eigenvalue weighted by molar-refractivity contribution is 0.271. The molecule has 0 amide bonds. The Balaban J connectivity index is 0.00000128. The van der Waals surface area contributed by atoms with Crippen LogP contribution in [-0.4, -0.2) is 11.0 Å². The molecule has 0 atom stereocenters. The third kappa shape index (κ3) is 3.81. The number of nitrogens with zero attached hydrogens (tertiary/aromatic N) is 1. The summed E-state index contributed by atoms with van der Waals surface area (Å²) < 4.78 is 0. The van der Waals surface area contributed by atoms with Gasteiger partial charge in [0.05, 0.1) is 11.2 Å². The van der Waals surface area contributed by atoms with Gasteiger partial charge in [-0.25, -0.2) is 0 Å². The summed E-state index contributed by atoms with van der Waals surface area (Å²) in [6.45, 7) is 2.04. The van der Waals surface area contributed by atoms with Gasteiger partial charge >= 0.3 is 0 Å². The first-order chi connectivity index (χ1) is 7.10. The summed E-state index contributed by atoms with van der Waals surface area (Å²) in [5.74, 6) is 0. The van der Waals surface area contributed by atoms with Crippen LogP contribution in [0.15, 0.2) is 18.3 Å². The van der Waals surface area contributed by atoms with Crippen molar-refractivity contribution in [1.82, 2.24) is 4.98 Å². The summed E-state index contributed by atoms with van der Waals surface area (Å²) in [5.41, 5.74) is 14.2. The highest BCUT2D eigenvalue weighted by molar-refractivity contribution is 5.85. The van der Waals surface area contributed by atoms with E-state index in [1.807, 2.05) is 19.2 Å². The first-order valence-electron chi connectivity index (χ1n) is 5.58. The number of aromatic nitrogens is 1. The van der Waals surface area contributed by atoms with Crippen molar-refractivity contribution in [2.45, 2.75) is 44.2 Å². The van der Waals surface area contributed by atoms with Crippen molar-refractivity contribution in [2.75, 3.05) is 0 Å². The van der Waals surface area contributed by atoms with E-state index >= 15 is 0 Å². The molecule has 0 bridgehead atoms. The number of halogens is 2. The fourth-order valence-electron chi connectivity index (χ4n) is 2.17. The van der Waals surface area contributed by atoms with Gasteiger partial charge in [0.15, 0.2) is 0 Å². The lowest BCUT2D eigenvalue weighted by Crippen LogP contribution is -2.44. The maximum absolute atomic E-state index is 6.37. The van der Waals surface area contributed by atoms with Gasteiger partial charge in [-0.1, -0.05) is 6.07 Å². The van der Waals surface area contributed by atoms with E-state index in [2.05, 4.69) is 11.1 Å². The Kier molecular flexibility index (Phi) is 6.41. The predicted octanol–water partition coefficient (Wildman–Crippen LogP) is 2.29. The normalized spacial score (nSPS) is 27.8. The van der Waals surface area contributed by atoms with Crippen LogP contribution in [0.25, 0.3) is 0 Å². The minimum atomic E-state index is -0.246. The molecule has 3 nitrogen and oxygen atoms in total. The highest BCUT2D eigenvalue weighted by Crippen LogP contribution is 2.33. The van der Waals surface area contributed by atoms with Gasteiger partial charge in [-0.15, -0.1) is 24.8 Å². The van der Waals surface area contributed by atoms with Gasteiger partial charge in [0.25, 0.3) is 0 Å². The largest absolute Gasteiger partial charge is 0.328 e. The van der Waals surface area contributed by atoms with Crippen molar-refractivity contribution in [3.63, 3.8) is 0 Å². The molecule has 2 rings (SSSR count). The molecule has 1 aliphatic rings. The molecule has 1 saturated carbocycles. The second-order valence-corrected chi connectivity index (χ2v) is 4.71. The monoisotopic (exact) mass is 277 g/mol. The Hall–Kier alpha value is -0.350. The van der Waals surface area contributed by atoms with Gasteiger partial charge in [0.2, 0.25) is 0 Å². The van der Waals surface area contributed by atoms with Crippen LogP contribution in [-0.2, 0) is 5.54 Å². The molecule has 0 aromatic carbocycles. The molecular formula is C12H21Cl2N3. The number of nitrogens with two attached hydrogens (primary N) is 2. The molecular weight excluding hydrogens is 257 g/mol. The fraction of sp³-hybridized carbons (Fsp3) is 0.583. The fourth-order valence-corrected chi connectivity index (χ4v) is 2.17. The zero-order valence-corrected chi connectivity index (χ0v) is 11.7. The van der Waals surface area contributed by atoms with Gasteiger partial charge in [-0.3, -0.25) is 4.98 Å². The minimum absolute atomic E-state index is 0. The Morgan fingerprint density at radius 3 is 2.29 bits per heavy atom. The zero-order chi connectivity index (χ0) is 10.9. The van der Waals surface area contributed by atoms with E-state index in [1.54, 1.807) is 0 Å². The second-order valence-electron chi connectivity index (χ2n) is 4.71. The van der Waals surface area contributed by atoms with Crippen LogP contribution in [0, 0.1) is 6.92 Å². The van der Waals surface area contributed by atoms with Gasteiger partial charge in [0.1, 0.15) is 0 Å². The average molecular weight is 278 g/mol. The lowest BCUT2D eigenvalue weighted by Gasteiger charge is -2.35. The molecule has 1 aromatic rings. The molecule has 1 fully saturated rings. The quantitative estimate of drug-likeness (QED) is 0.828. The molecule has 0 saturated heterocycles. The van der Waals surface area contributed by atoms with Crippen LogP contribution >= 0.6 is 24.8 Å². The third-order valence-corrected chi connectivity index (χ3v) is 3.34. The molecule has 0 aliphatic heterocycles. The SMILES string of the molecule is Cc1ccc(C2(N)CCC(N)CC2)nc1.Cl.Cl. The summed E-state index contributed by atoms with van der Waals surface area (Å²) in [7, 11) is 0. The van der Waals surface area contributed by atoms with Crippen molar-refractivity contribution in [3.05, 3.63) is 29.6 Å². The number of hydrogen-bond acceptors (Lipinski definition) is 3. The second kappa shape index (κ2) is 6.55. The molecule has 1 aromatic heterocycles. The van der Waals surface area contributed by atoms with Gasteiger partial charge in [-0.2, -0.15) is 0 Å². The summed E-state index contributed by atoms with van der Waals surface area (Å²) in [6.07, 6.45) is 5.80. The molecule has 0 unspecified atom stereocenters. The highest BCUT2D eigenvalue weighted by atomic mass is 35.5. The van der Waals surface area contributed by atoms with Crippen molar-refractivity contribution in [3.8, 4) is 0 Å². The summed E-state index contributed by atoms with van der Waals surface area (Å²) >= 11 is 0. The number of rotatable bonds is 1. The molecule has 98 valence electrons. The van der Waals surface area contributed by atoms with Gasteiger partial charge in [-0.05, 0) is 44.2 Å². The predicted molar refractivity (Wildman–Crippen MR) is 75.8 cm³/mol. The van der Waals surface area contributed by atoms with E-state index < -0.39 is 0 Å². The topological polar surface area (TPSA) is 64.9 Å². The first-order valence-corrected chi connectivity index (χ1v) is 5.58. The van der Waals surface area contributed by atoms with E-state index in [0.717, 1.165) is 31.4 Å². The van der Waals surface area contributed by atoms with E-state index in [-0.39, 0.29) is 30.4 Å². The van der Waals surface area contributed by atoms with E-state index in [9.17, 15) is 0 Å². The molecule has 1 heterocycles. The van der Waals surface area contributed by atoms with E-state index in [4.69, 9.17) is 11.5 Å². The third-order valence-electron chi connectivity index (χ3n) is 3.34. The van der Waals surface area contributed by atoms with E-state index in [0.29, 0.717) is 6.04 Å². The number of aryl methyl sites for hydroxylation is 1. The summed E-state index contributed by atoms with van der Waals surface area (Å²) in [5, 5.41) is 0. The lowest BCUT2D eigenvalue weighted by atomic mass is 9.78. The maximum atomic E-state index is 6.37. The van der Waals surface area contributed by atoms with Gasteiger partial charge < -0.3 is 11.5 Å². The Morgan fingerprint density at radius 1 is 1.24 bits per heavy atom. The Morgan fingerprint density at radius 2 is 1.82 bits per heavy atom. The van der Waals surface area contributed by atoms with Crippen molar-refractivity contribution in [2.24, 2.45) is 11.5 Å². The van der Waals surface area contributed by atoms with Crippen molar-refractivity contribution in [1.29, 1.82) is 0 Å². The Bertz CT molecular complexity index is 332. The number of hydrogen-bond donors (Lipinski definition) is 2. The summed E-state index contributed by atoms with van der Waals surface area (Å²) in [4.78, 5) is 4.43. The number of pyridine rings is 1. The standard InChI is InChI=1S/C12H19N3.2ClH/c1-9-2-3-11(15-8-9)12(14)6-4-10(13)5-7-12;;/h2-3,8,10H,4-7,13-14H2,1H3;2*1H.